The van der Waals surface area contributed by atoms with E-state index in [-0.39, 0.29) is 0 Å². The molecule has 4 nitrogen and oxygen atoms in total. The minimum atomic E-state index is 0.572. The van der Waals surface area contributed by atoms with Gasteiger partial charge in [-0.25, -0.2) is 0 Å². The molecule has 0 unspecified atom stereocenters. The maximum absolute atomic E-state index is 5.38. The molecule has 1 aliphatic rings. The summed E-state index contributed by atoms with van der Waals surface area (Å²) < 4.78 is 5.38. The highest BCUT2D eigenvalue weighted by Gasteiger charge is 2.10. The van der Waals surface area contributed by atoms with Crippen molar-refractivity contribution < 1.29 is 4.42 Å². The quantitative estimate of drug-likeness (QED) is 0.792. The van der Waals surface area contributed by atoms with Crippen molar-refractivity contribution in [3.63, 3.8) is 0 Å². The molecule has 0 aliphatic carbocycles. The van der Waals surface area contributed by atoms with Crippen LogP contribution in [0.4, 0.5) is 0 Å². The van der Waals surface area contributed by atoms with Crippen LogP contribution >= 0.6 is 0 Å². The average Bonchev–Trinajstić information content (AvgIpc) is 3.00. The van der Waals surface area contributed by atoms with Crippen LogP contribution in [0.15, 0.2) is 33.7 Å². The van der Waals surface area contributed by atoms with Crippen molar-refractivity contribution in [1.29, 1.82) is 0 Å². The summed E-state index contributed by atoms with van der Waals surface area (Å²) in [5.74, 6) is 1.16. The Bertz CT molecular complexity index is 554. The second-order valence-electron chi connectivity index (χ2n) is 4.14. The second kappa shape index (κ2) is 4.13. The summed E-state index contributed by atoms with van der Waals surface area (Å²) in [6.45, 7) is 2.75. The zero-order valence-corrected chi connectivity index (χ0v) is 9.68. The van der Waals surface area contributed by atoms with E-state index in [4.69, 9.17) is 4.42 Å². The first-order chi connectivity index (χ1) is 8.33. The van der Waals surface area contributed by atoms with E-state index in [1.807, 2.05) is 12.1 Å². The lowest BCUT2D eigenvalue weighted by Gasteiger charge is -2.01. The van der Waals surface area contributed by atoms with Crippen LogP contribution in [-0.4, -0.2) is 22.5 Å². The third-order valence-electron chi connectivity index (χ3n) is 2.87. The molecule has 4 heteroatoms. The fourth-order valence-corrected chi connectivity index (χ4v) is 1.99. The van der Waals surface area contributed by atoms with Gasteiger partial charge in [-0.3, -0.25) is 4.99 Å². The third-order valence-corrected chi connectivity index (χ3v) is 2.87. The SMILES string of the molecule is Cc1nnc(-c2ccc(C3=NCCC3)cc2)o1. The zero-order chi connectivity index (χ0) is 11.7. The van der Waals surface area contributed by atoms with E-state index in [1.54, 1.807) is 6.92 Å². The van der Waals surface area contributed by atoms with Gasteiger partial charge in [0.05, 0.1) is 0 Å². The van der Waals surface area contributed by atoms with Crippen molar-refractivity contribution in [2.24, 2.45) is 4.99 Å². The smallest absolute Gasteiger partial charge is 0.247 e. The van der Waals surface area contributed by atoms with Gasteiger partial charge in [-0.2, -0.15) is 0 Å². The predicted octanol–water partition coefficient (Wildman–Crippen LogP) is 2.63. The lowest BCUT2D eigenvalue weighted by Crippen LogP contribution is -1.95. The lowest BCUT2D eigenvalue weighted by atomic mass is 10.1. The highest BCUT2D eigenvalue weighted by Crippen LogP contribution is 2.20. The number of hydrogen-bond donors (Lipinski definition) is 0. The van der Waals surface area contributed by atoms with Crippen LogP contribution in [0.5, 0.6) is 0 Å². The summed E-state index contributed by atoms with van der Waals surface area (Å²) in [5.41, 5.74) is 3.36. The van der Waals surface area contributed by atoms with Gasteiger partial charge in [0.25, 0.3) is 0 Å². The number of aryl methyl sites for hydroxylation is 1. The molecule has 0 saturated heterocycles. The molecule has 2 aromatic rings. The van der Waals surface area contributed by atoms with E-state index in [0.29, 0.717) is 11.8 Å². The van der Waals surface area contributed by atoms with E-state index in [9.17, 15) is 0 Å². The van der Waals surface area contributed by atoms with E-state index in [1.165, 1.54) is 17.7 Å². The second-order valence-corrected chi connectivity index (χ2v) is 4.14. The summed E-state index contributed by atoms with van der Waals surface area (Å²) in [5, 5.41) is 7.82. The van der Waals surface area contributed by atoms with E-state index >= 15 is 0 Å². The molecule has 0 fully saturated rings. The van der Waals surface area contributed by atoms with Gasteiger partial charge in [0, 0.05) is 24.7 Å². The van der Waals surface area contributed by atoms with Gasteiger partial charge in [-0.05, 0) is 30.5 Å². The first-order valence-corrected chi connectivity index (χ1v) is 5.77. The zero-order valence-electron chi connectivity index (χ0n) is 9.68. The Morgan fingerprint density at radius 3 is 2.41 bits per heavy atom. The monoisotopic (exact) mass is 227 g/mol. The molecular formula is C13H13N3O. The Balaban J connectivity index is 1.89. The molecular weight excluding hydrogens is 214 g/mol. The number of benzene rings is 1. The van der Waals surface area contributed by atoms with Gasteiger partial charge >= 0.3 is 0 Å². The van der Waals surface area contributed by atoms with Crippen molar-refractivity contribution in [1.82, 2.24) is 10.2 Å². The molecule has 0 N–H and O–H groups in total. The normalized spacial score (nSPS) is 15.0. The van der Waals surface area contributed by atoms with Crippen molar-refractivity contribution in [3.8, 4) is 11.5 Å². The molecule has 1 aromatic heterocycles. The molecule has 1 aromatic carbocycles. The lowest BCUT2D eigenvalue weighted by molar-refractivity contribution is 0.533. The molecule has 2 heterocycles. The van der Waals surface area contributed by atoms with Gasteiger partial charge in [-0.15, -0.1) is 10.2 Å². The number of aromatic nitrogens is 2. The third kappa shape index (κ3) is 1.98. The van der Waals surface area contributed by atoms with Crippen molar-refractivity contribution in [3.05, 3.63) is 35.7 Å². The number of rotatable bonds is 2. The van der Waals surface area contributed by atoms with Crippen LogP contribution in [0.25, 0.3) is 11.5 Å². The Morgan fingerprint density at radius 2 is 1.82 bits per heavy atom. The van der Waals surface area contributed by atoms with Gasteiger partial charge in [0.1, 0.15) is 0 Å². The van der Waals surface area contributed by atoms with Crippen LogP contribution in [-0.2, 0) is 0 Å². The predicted molar refractivity (Wildman–Crippen MR) is 65.1 cm³/mol. The van der Waals surface area contributed by atoms with Crippen molar-refractivity contribution >= 4 is 5.71 Å². The van der Waals surface area contributed by atoms with Gasteiger partial charge in [0.2, 0.25) is 11.8 Å². The largest absolute Gasteiger partial charge is 0.421 e. The Hall–Kier alpha value is -1.97. The standard InChI is InChI=1S/C13H13N3O/c1-9-15-16-13(17-9)11-6-4-10(5-7-11)12-3-2-8-14-12/h4-7H,2-3,8H2,1H3. The van der Waals surface area contributed by atoms with Crippen molar-refractivity contribution in [2.45, 2.75) is 19.8 Å². The molecule has 0 bridgehead atoms. The summed E-state index contributed by atoms with van der Waals surface area (Å²) >= 11 is 0. The minimum Gasteiger partial charge on any atom is -0.421 e. The fraction of sp³-hybridized carbons (Fsp3) is 0.308. The Kier molecular flexibility index (Phi) is 2.48. The average molecular weight is 227 g/mol. The van der Waals surface area contributed by atoms with Crippen molar-refractivity contribution in [2.75, 3.05) is 6.54 Å². The van der Waals surface area contributed by atoms with Crippen LogP contribution in [0, 0.1) is 6.92 Å². The number of aliphatic imine (C=N–C) groups is 1. The molecule has 1 aliphatic heterocycles. The highest BCUT2D eigenvalue weighted by molar-refractivity contribution is 6.01. The van der Waals surface area contributed by atoms with E-state index in [0.717, 1.165) is 18.5 Å². The molecule has 0 atom stereocenters. The minimum absolute atomic E-state index is 0.572. The van der Waals surface area contributed by atoms with Crippen LogP contribution in [0.3, 0.4) is 0 Å². The summed E-state index contributed by atoms with van der Waals surface area (Å²) in [7, 11) is 0. The van der Waals surface area contributed by atoms with Crippen LogP contribution in [0.1, 0.15) is 24.3 Å². The first-order valence-electron chi connectivity index (χ1n) is 5.77. The molecule has 0 radical (unpaired) electrons. The topological polar surface area (TPSA) is 51.3 Å². The Morgan fingerprint density at radius 1 is 1.06 bits per heavy atom. The molecule has 86 valence electrons. The van der Waals surface area contributed by atoms with Gasteiger partial charge in [-0.1, -0.05) is 12.1 Å². The first kappa shape index (κ1) is 10.2. The maximum atomic E-state index is 5.38. The number of nitrogens with zero attached hydrogens (tertiary/aromatic N) is 3. The summed E-state index contributed by atoms with van der Waals surface area (Å²) in [6.07, 6.45) is 2.25. The molecule has 0 amide bonds. The Labute approximate surface area is 99.4 Å². The molecule has 0 saturated carbocycles. The molecule has 3 rings (SSSR count). The van der Waals surface area contributed by atoms with Crippen LogP contribution < -0.4 is 0 Å². The fourth-order valence-electron chi connectivity index (χ4n) is 1.99. The number of hydrogen-bond acceptors (Lipinski definition) is 4. The molecule has 17 heavy (non-hydrogen) atoms. The van der Waals surface area contributed by atoms with E-state index in [2.05, 4.69) is 27.3 Å². The highest BCUT2D eigenvalue weighted by atomic mass is 16.4. The van der Waals surface area contributed by atoms with Gasteiger partial charge in [0.15, 0.2) is 0 Å². The molecule has 0 spiro atoms. The summed E-state index contributed by atoms with van der Waals surface area (Å²) in [6, 6.07) is 8.14. The van der Waals surface area contributed by atoms with E-state index < -0.39 is 0 Å². The maximum Gasteiger partial charge on any atom is 0.247 e. The van der Waals surface area contributed by atoms with Crippen LogP contribution in [0.2, 0.25) is 0 Å². The van der Waals surface area contributed by atoms with Gasteiger partial charge < -0.3 is 4.42 Å². The summed E-state index contributed by atoms with van der Waals surface area (Å²) in [4.78, 5) is 4.48.